The van der Waals surface area contributed by atoms with Gasteiger partial charge in [0.1, 0.15) is 16.9 Å². The molecule has 0 spiro atoms. The van der Waals surface area contributed by atoms with E-state index in [0.717, 1.165) is 0 Å². The fraction of sp³-hybridized carbons (Fsp3) is 0.385. The highest BCUT2D eigenvalue weighted by molar-refractivity contribution is 7.80. The summed E-state index contributed by atoms with van der Waals surface area (Å²) in [7, 11) is 0. The van der Waals surface area contributed by atoms with E-state index in [4.69, 9.17) is 22.7 Å². The second-order valence-electron chi connectivity index (χ2n) is 4.48. The van der Waals surface area contributed by atoms with Crippen molar-refractivity contribution in [2.45, 2.75) is 13.0 Å². The van der Waals surface area contributed by atoms with Crippen molar-refractivity contribution in [2.24, 2.45) is 5.73 Å². The van der Waals surface area contributed by atoms with E-state index in [1.807, 2.05) is 0 Å². The van der Waals surface area contributed by atoms with Crippen molar-refractivity contribution in [1.82, 2.24) is 4.90 Å². The van der Waals surface area contributed by atoms with Gasteiger partial charge in [0.2, 0.25) is 0 Å². The molecule has 1 saturated heterocycles. The quantitative estimate of drug-likeness (QED) is 0.830. The van der Waals surface area contributed by atoms with Gasteiger partial charge >= 0.3 is 0 Å². The monoisotopic (exact) mass is 282 g/mol. The van der Waals surface area contributed by atoms with E-state index in [-0.39, 0.29) is 16.7 Å². The maximum Gasteiger partial charge on any atom is 0.254 e. The van der Waals surface area contributed by atoms with E-state index in [9.17, 15) is 9.18 Å². The molecule has 1 aliphatic heterocycles. The molecule has 1 aliphatic rings. The number of morpholine rings is 1. The Hall–Kier alpha value is -1.53. The van der Waals surface area contributed by atoms with Gasteiger partial charge in [-0.2, -0.15) is 0 Å². The summed E-state index contributed by atoms with van der Waals surface area (Å²) >= 11 is 4.86. The third-order valence-electron chi connectivity index (χ3n) is 3.09. The predicted molar refractivity (Wildman–Crippen MR) is 73.6 cm³/mol. The van der Waals surface area contributed by atoms with Crippen LogP contribution in [0.3, 0.4) is 0 Å². The fourth-order valence-electron chi connectivity index (χ4n) is 1.91. The first-order valence-electron chi connectivity index (χ1n) is 5.95. The number of halogens is 1. The molecule has 1 atom stereocenters. The van der Waals surface area contributed by atoms with E-state index < -0.39 is 6.10 Å². The molecule has 19 heavy (non-hydrogen) atoms. The van der Waals surface area contributed by atoms with Crippen molar-refractivity contribution in [3.8, 4) is 0 Å². The molecule has 2 N–H and O–H groups in total. The van der Waals surface area contributed by atoms with E-state index in [2.05, 4.69) is 0 Å². The minimum atomic E-state index is -0.428. The van der Waals surface area contributed by atoms with Crippen molar-refractivity contribution in [1.29, 1.82) is 0 Å². The van der Waals surface area contributed by atoms with E-state index >= 15 is 0 Å². The molecule has 0 aliphatic carbocycles. The van der Waals surface area contributed by atoms with Gasteiger partial charge in [-0.25, -0.2) is 4.39 Å². The second-order valence-corrected chi connectivity index (χ2v) is 4.95. The number of nitrogens with zero attached hydrogens (tertiary/aromatic N) is 1. The third kappa shape index (κ3) is 3.08. The van der Waals surface area contributed by atoms with E-state index in [1.54, 1.807) is 24.0 Å². The summed E-state index contributed by atoms with van der Waals surface area (Å²) in [6.07, 6.45) is -0.428. The van der Waals surface area contributed by atoms with Gasteiger partial charge in [-0.1, -0.05) is 18.3 Å². The van der Waals surface area contributed by atoms with Crippen molar-refractivity contribution in [3.63, 3.8) is 0 Å². The molecular weight excluding hydrogens is 267 g/mol. The standard InChI is InChI=1S/C13H15FN2O2S/c1-8-2-3-9(6-10(8)14)13(17)16-4-5-18-11(7-16)12(15)19/h2-3,6,11H,4-5,7H2,1H3,(H2,15,19). The number of hydrogen-bond acceptors (Lipinski definition) is 3. The Morgan fingerprint density at radius 1 is 1.58 bits per heavy atom. The number of amides is 1. The lowest BCUT2D eigenvalue weighted by atomic mass is 10.1. The molecule has 1 aromatic rings. The minimum absolute atomic E-state index is 0.229. The number of aryl methyl sites for hydroxylation is 1. The molecule has 1 heterocycles. The maximum absolute atomic E-state index is 13.5. The zero-order valence-electron chi connectivity index (χ0n) is 10.6. The lowest BCUT2D eigenvalue weighted by molar-refractivity contribution is 0.00877. The van der Waals surface area contributed by atoms with Crippen LogP contribution >= 0.6 is 12.2 Å². The van der Waals surface area contributed by atoms with Gasteiger partial charge in [-0.15, -0.1) is 0 Å². The topological polar surface area (TPSA) is 55.6 Å². The lowest BCUT2D eigenvalue weighted by Crippen LogP contribution is -2.49. The van der Waals surface area contributed by atoms with Crippen molar-refractivity contribution < 1.29 is 13.9 Å². The molecule has 102 valence electrons. The van der Waals surface area contributed by atoms with Crippen LogP contribution in [0.15, 0.2) is 18.2 Å². The molecule has 0 aromatic heterocycles. The molecule has 1 aromatic carbocycles. The van der Waals surface area contributed by atoms with Crippen LogP contribution in [0.25, 0.3) is 0 Å². The first-order valence-corrected chi connectivity index (χ1v) is 6.36. The number of hydrogen-bond donors (Lipinski definition) is 1. The van der Waals surface area contributed by atoms with Crippen LogP contribution in [0.4, 0.5) is 4.39 Å². The SMILES string of the molecule is Cc1ccc(C(=O)N2CCOC(C(N)=S)C2)cc1F. The Kier molecular flexibility index (Phi) is 4.11. The summed E-state index contributed by atoms with van der Waals surface area (Å²) in [5.41, 5.74) is 6.36. The second kappa shape index (κ2) is 5.63. The number of thiocarbonyl (C=S) groups is 1. The summed E-state index contributed by atoms with van der Waals surface area (Å²) in [6.45, 7) is 2.79. The maximum atomic E-state index is 13.5. The molecule has 0 saturated carbocycles. The van der Waals surface area contributed by atoms with Gasteiger partial charge in [0.05, 0.1) is 13.2 Å². The minimum Gasteiger partial charge on any atom is -0.391 e. The molecular formula is C13H15FN2O2S. The van der Waals surface area contributed by atoms with Gasteiger partial charge in [0.25, 0.3) is 5.91 Å². The number of benzene rings is 1. The van der Waals surface area contributed by atoms with Crippen molar-refractivity contribution in [2.75, 3.05) is 19.7 Å². The van der Waals surface area contributed by atoms with Crippen LogP contribution in [-0.2, 0) is 4.74 Å². The van der Waals surface area contributed by atoms with Gasteiger partial charge in [-0.3, -0.25) is 4.79 Å². The molecule has 0 bridgehead atoms. The van der Waals surface area contributed by atoms with Gasteiger partial charge in [0, 0.05) is 12.1 Å². The molecule has 4 nitrogen and oxygen atoms in total. The first-order chi connectivity index (χ1) is 8.99. The van der Waals surface area contributed by atoms with Crippen LogP contribution in [0.2, 0.25) is 0 Å². The highest BCUT2D eigenvalue weighted by Gasteiger charge is 2.26. The highest BCUT2D eigenvalue weighted by Crippen LogP contribution is 2.14. The normalized spacial score (nSPS) is 19.3. The molecule has 6 heteroatoms. The molecule has 1 unspecified atom stereocenters. The van der Waals surface area contributed by atoms with E-state index in [0.29, 0.717) is 30.8 Å². The van der Waals surface area contributed by atoms with Crippen LogP contribution in [-0.4, -0.2) is 41.6 Å². The number of nitrogens with two attached hydrogens (primary N) is 1. The highest BCUT2D eigenvalue weighted by atomic mass is 32.1. The Labute approximate surface area is 116 Å². The zero-order chi connectivity index (χ0) is 14.0. The molecule has 1 amide bonds. The lowest BCUT2D eigenvalue weighted by Gasteiger charge is -2.32. The van der Waals surface area contributed by atoms with Gasteiger partial charge < -0.3 is 15.4 Å². The predicted octanol–water partition coefficient (Wildman–Crippen LogP) is 1.26. The summed E-state index contributed by atoms with van der Waals surface area (Å²) in [5.74, 6) is -0.617. The molecule has 2 rings (SSSR count). The Morgan fingerprint density at radius 2 is 2.32 bits per heavy atom. The number of carbonyl (C=O) groups excluding carboxylic acids is 1. The summed E-state index contributed by atoms with van der Waals surface area (Å²) < 4.78 is 18.8. The van der Waals surface area contributed by atoms with E-state index in [1.165, 1.54) is 6.07 Å². The van der Waals surface area contributed by atoms with Crippen molar-refractivity contribution in [3.05, 3.63) is 35.1 Å². The number of ether oxygens (including phenoxy) is 1. The summed E-state index contributed by atoms with van der Waals surface area (Å²) in [5, 5.41) is 0. The van der Waals surface area contributed by atoms with Gasteiger partial charge in [0.15, 0.2) is 0 Å². The Balaban J connectivity index is 2.14. The van der Waals surface area contributed by atoms with Gasteiger partial charge in [-0.05, 0) is 24.6 Å². The number of carbonyl (C=O) groups is 1. The first kappa shape index (κ1) is 13.9. The number of rotatable bonds is 2. The van der Waals surface area contributed by atoms with Crippen molar-refractivity contribution >= 4 is 23.1 Å². The van der Waals surface area contributed by atoms with Crippen LogP contribution in [0.5, 0.6) is 0 Å². The zero-order valence-corrected chi connectivity index (χ0v) is 11.4. The summed E-state index contributed by atoms with van der Waals surface area (Å²) in [6, 6.07) is 4.46. The Morgan fingerprint density at radius 3 is 2.95 bits per heavy atom. The smallest absolute Gasteiger partial charge is 0.254 e. The molecule has 1 fully saturated rings. The largest absolute Gasteiger partial charge is 0.391 e. The molecule has 0 radical (unpaired) electrons. The third-order valence-corrected chi connectivity index (χ3v) is 3.35. The Bertz CT molecular complexity index is 521. The van der Waals surface area contributed by atoms with Crippen LogP contribution in [0, 0.1) is 12.7 Å². The average Bonchev–Trinajstić information content (AvgIpc) is 2.41. The fourth-order valence-corrected chi connectivity index (χ4v) is 2.06. The summed E-state index contributed by atoms with van der Waals surface area (Å²) in [4.78, 5) is 14.1. The van der Waals surface area contributed by atoms with Crippen LogP contribution in [0.1, 0.15) is 15.9 Å². The van der Waals surface area contributed by atoms with Crippen LogP contribution < -0.4 is 5.73 Å². The average molecular weight is 282 g/mol.